The number of nitrogens with one attached hydrogen (secondary N) is 2. The normalized spacial score (nSPS) is 13.6. The molecule has 0 saturated heterocycles. The molecule has 1 aliphatic rings. The molecule has 2 aromatic carbocycles. The number of halogens is 1. The number of carbonyl (C=O) groups is 2. The number of carbonyl (C=O) groups excluding carboxylic acids is 2. The molecule has 0 unspecified atom stereocenters. The fraction of sp³-hybridized carbons (Fsp3) is 0.217. The van der Waals surface area contributed by atoms with Gasteiger partial charge in [-0.3, -0.25) is 9.59 Å². The lowest BCUT2D eigenvalue weighted by molar-refractivity contribution is -0.139. The second-order valence-corrected chi connectivity index (χ2v) is 8.54. The molecular weight excluding hydrogens is 418 g/mol. The summed E-state index contributed by atoms with van der Waals surface area (Å²) in [5.74, 6) is -1.27. The van der Waals surface area contributed by atoms with Gasteiger partial charge in [0.05, 0.1) is 6.04 Å². The predicted octanol–water partition coefficient (Wildman–Crippen LogP) is 3.94. The average Bonchev–Trinajstić information content (AvgIpc) is 3.44. The van der Waals surface area contributed by atoms with Gasteiger partial charge in [-0.05, 0) is 47.2 Å². The van der Waals surface area contributed by atoms with Crippen molar-refractivity contribution in [3.8, 4) is 0 Å². The third-order valence-corrected chi connectivity index (χ3v) is 6.42. The van der Waals surface area contributed by atoms with Crippen LogP contribution >= 0.6 is 22.9 Å². The molecule has 30 heavy (non-hydrogen) atoms. The number of hydrogen-bond donors (Lipinski definition) is 2. The molecule has 2 N–H and O–H groups in total. The standard InChI is InChI=1S/C23H22ClN3O2S/c24-18-9-7-16(8-10-18)14-25-22(28)23(29)26-15-20(21-6-3-13-30-21)27-12-11-17-4-1-2-5-19(17)27/h1-10,13,20H,11-12,14-15H2,(H,25,28)(H,26,29)/t20-/m1/s1. The summed E-state index contributed by atoms with van der Waals surface area (Å²) in [4.78, 5) is 28.1. The van der Waals surface area contributed by atoms with Crippen molar-refractivity contribution in [2.45, 2.75) is 19.0 Å². The van der Waals surface area contributed by atoms with Gasteiger partial charge in [-0.1, -0.05) is 48.0 Å². The van der Waals surface area contributed by atoms with E-state index in [1.807, 2.05) is 29.6 Å². The molecule has 1 atom stereocenters. The van der Waals surface area contributed by atoms with Gasteiger partial charge < -0.3 is 15.5 Å². The number of hydrogen-bond acceptors (Lipinski definition) is 4. The molecule has 7 heteroatoms. The number of para-hydroxylation sites is 1. The van der Waals surface area contributed by atoms with Gasteiger partial charge in [0.2, 0.25) is 0 Å². The number of amides is 2. The Morgan fingerprint density at radius 3 is 2.53 bits per heavy atom. The zero-order valence-corrected chi connectivity index (χ0v) is 17.9. The molecule has 3 aromatic rings. The average molecular weight is 440 g/mol. The third-order valence-electron chi connectivity index (χ3n) is 5.20. The van der Waals surface area contributed by atoms with Gasteiger partial charge in [0.25, 0.3) is 0 Å². The van der Waals surface area contributed by atoms with E-state index in [4.69, 9.17) is 11.6 Å². The summed E-state index contributed by atoms with van der Waals surface area (Å²) in [6.45, 7) is 1.53. The van der Waals surface area contributed by atoms with E-state index in [1.54, 1.807) is 23.5 Å². The van der Waals surface area contributed by atoms with E-state index in [2.05, 4.69) is 39.8 Å². The molecule has 2 heterocycles. The zero-order chi connectivity index (χ0) is 20.9. The fourth-order valence-electron chi connectivity index (χ4n) is 3.67. The molecule has 1 aliphatic heterocycles. The SMILES string of the molecule is O=C(NCc1ccc(Cl)cc1)C(=O)NC[C@H](c1cccs1)N1CCc2ccccc21. The summed E-state index contributed by atoms with van der Waals surface area (Å²) < 4.78 is 0. The van der Waals surface area contributed by atoms with Crippen LogP contribution in [0.1, 0.15) is 22.0 Å². The van der Waals surface area contributed by atoms with Crippen LogP contribution in [0.2, 0.25) is 5.02 Å². The van der Waals surface area contributed by atoms with E-state index in [0.717, 1.165) is 23.4 Å². The van der Waals surface area contributed by atoms with Crippen LogP contribution in [0.25, 0.3) is 0 Å². The van der Waals surface area contributed by atoms with Crippen LogP contribution in [0.4, 0.5) is 5.69 Å². The van der Waals surface area contributed by atoms with Gasteiger partial charge in [0.15, 0.2) is 0 Å². The van der Waals surface area contributed by atoms with Crippen molar-refractivity contribution in [2.75, 3.05) is 18.0 Å². The number of fused-ring (bicyclic) bond motifs is 1. The molecule has 0 aliphatic carbocycles. The van der Waals surface area contributed by atoms with Gasteiger partial charge in [-0.2, -0.15) is 0 Å². The van der Waals surface area contributed by atoms with Gasteiger partial charge in [0.1, 0.15) is 0 Å². The summed E-state index contributed by atoms with van der Waals surface area (Å²) in [6.07, 6.45) is 0.980. The first-order chi connectivity index (χ1) is 14.6. The smallest absolute Gasteiger partial charge is 0.309 e. The number of nitrogens with zero attached hydrogens (tertiary/aromatic N) is 1. The minimum atomic E-state index is -0.642. The Morgan fingerprint density at radius 2 is 1.77 bits per heavy atom. The van der Waals surface area contributed by atoms with Crippen molar-refractivity contribution >= 4 is 40.4 Å². The molecule has 4 rings (SSSR count). The topological polar surface area (TPSA) is 61.4 Å². The van der Waals surface area contributed by atoms with Gasteiger partial charge in [0, 0.05) is 35.2 Å². The lowest BCUT2D eigenvalue weighted by Crippen LogP contribution is -2.43. The number of thiophene rings is 1. The number of benzene rings is 2. The van der Waals surface area contributed by atoms with E-state index in [9.17, 15) is 9.59 Å². The van der Waals surface area contributed by atoms with E-state index in [-0.39, 0.29) is 12.6 Å². The molecule has 1 aromatic heterocycles. The lowest BCUT2D eigenvalue weighted by atomic mass is 10.1. The van der Waals surface area contributed by atoms with Gasteiger partial charge >= 0.3 is 11.8 Å². The first-order valence-electron chi connectivity index (χ1n) is 9.80. The first kappa shape index (κ1) is 20.4. The van der Waals surface area contributed by atoms with Crippen LogP contribution in [0.5, 0.6) is 0 Å². The molecule has 0 radical (unpaired) electrons. The summed E-state index contributed by atoms with van der Waals surface area (Å²) >= 11 is 7.53. The van der Waals surface area contributed by atoms with E-state index >= 15 is 0 Å². The van der Waals surface area contributed by atoms with Crippen molar-refractivity contribution in [3.63, 3.8) is 0 Å². The van der Waals surface area contributed by atoms with Crippen molar-refractivity contribution in [2.24, 2.45) is 0 Å². The van der Waals surface area contributed by atoms with Crippen molar-refractivity contribution in [3.05, 3.63) is 87.1 Å². The van der Waals surface area contributed by atoms with Crippen molar-refractivity contribution < 1.29 is 9.59 Å². The fourth-order valence-corrected chi connectivity index (χ4v) is 4.63. The first-order valence-corrected chi connectivity index (χ1v) is 11.1. The van der Waals surface area contributed by atoms with E-state index in [0.29, 0.717) is 11.6 Å². The Kier molecular flexibility index (Phi) is 6.35. The molecule has 154 valence electrons. The van der Waals surface area contributed by atoms with E-state index < -0.39 is 11.8 Å². The number of anilines is 1. The van der Waals surface area contributed by atoms with E-state index in [1.165, 1.54) is 11.3 Å². The molecule has 5 nitrogen and oxygen atoms in total. The third kappa shape index (κ3) is 4.66. The highest BCUT2D eigenvalue weighted by molar-refractivity contribution is 7.10. The maximum Gasteiger partial charge on any atom is 0.309 e. The minimum absolute atomic E-state index is 0.0123. The minimum Gasteiger partial charge on any atom is -0.361 e. The molecule has 2 amide bonds. The Morgan fingerprint density at radius 1 is 1.00 bits per heavy atom. The molecule has 0 fully saturated rings. The zero-order valence-electron chi connectivity index (χ0n) is 16.3. The quantitative estimate of drug-likeness (QED) is 0.572. The van der Waals surface area contributed by atoms with Crippen LogP contribution in [0, 0.1) is 0 Å². The highest BCUT2D eigenvalue weighted by Crippen LogP contribution is 2.36. The highest BCUT2D eigenvalue weighted by Gasteiger charge is 2.28. The maximum atomic E-state index is 12.4. The summed E-state index contributed by atoms with van der Waals surface area (Å²) in [5, 5.41) is 8.14. The summed E-state index contributed by atoms with van der Waals surface area (Å²) in [6, 6.07) is 19.6. The lowest BCUT2D eigenvalue weighted by Gasteiger charge is -2.30. The largest absolute Gasteiger partial charge is 0.361 e. The predicted molar refractivity (Wildman–Crippen MR) is 121 cm³/mol. The van der Waals surface area contributed by atoms with Crippen LogP contribution in [-0.4, -0.2) is 24.9 Å². The van der Waals surface area contributed by atoms with Crippen LogP contribution in [-0.2, 0) is 22.6 Å². The second-order valence-electron chi connectivity index (χ2n) is 7.12. The highest BCUT2D eigenvalue weighted by atomic mass is 35.5. The monoisotopic (exact) mass is 439 g/mol. The Balaban J connectivity index is 1.38. The van der Waals surface area contributed by atoms with Gasteiger partial charge in [-0.25, -0.2) is 0 Å². The Labute approximate surface area is 184 Å². The van der Waals surface area contributed by atoms with Gasteiger partial charge in [-0.15, -0.1) is 11.3 Å². The van der Waals surface area contributed by atoms with Crippen LogP contribution in [0.15, 0.2) is 66.0 Å². The van der Waals surface area contributed by atoms with Crippen LogP contribution in [0.3, 0.4) is 0 Å². The second kappa shape index (κ2) is 9.32. The van der Waals surface area contributed by atoms with Crippen molar-refractivity contribution in [1.82, 2.24) is 10.6 Å². The number of rotatable bonds is 6. The molecule has 0 saturated carbocycles. The summed E-state index contributed by atoms with van der Waals surface area (Å²) in [5.41, 5.74) is 3.38. The Hall–Kier alpha value is -2.83. The maximum absolute atomic E-state index is 12.4. The van der Waals surface area contributed by atoms with Crippen molar-refractivity contribution in [1.29, 1.82) is 0 Å². The van der Waals surface area contributed by atoms with Crippen LogP contribution < -0.4 is 15.5 Å². The molecule has 0 spiro atoms. The Bertz CT molecular complexity index is 1020. The molecule has 0 bridgehead atoms. The summed E-state index contributed by atoms with van der Waals surface area (Å²) in [7, 11) is 0. The molecular formula is C23H22ClN3O2S.